The van der Waals surface area contributed by atoms with Gasteiger partial charge >= 0.3 is 12.0 Å². The molecule has 0 saturated carbocycles. The van der Waals surface area contributed by atoms with Crippen LogP contribution in [0, 0.1) is 0 Å². The van der Waals surface area contributed by atoms with Crippen molar-refractivity contribution in [2.45, 2.75) is 25.8 Å². The molecular weight excluding hydrogens is 390 g/mol. The van der Waals surface area contributed by atoms with Gasteiger partial charge in [0.25, 0.3) is 0 Å². The molecule has 2 aliphatic rings. The van der Waals surface area contributed by atoms with E-state index in [1.807, 2.05) is 0 Å². The van der Waals surface area contributed by atoms with E-state index in [0.29, 0.717) is 40.6 Å². The van der Waals surface area contributed by atoms with Gasteiger partial charge in [-0.05, 0) is 45.0 Å². The van der Waals surface area contributed by atoms with Gasteiger partial charge in [-0.1, -0.05) is 0 Å². The number of esters is 1. The fourth-order valence-corrected chi connectivity index (χ4v) is 3.94. The van der Waals surface area contributed by atoms with Crippen molar-refractivity contribution in [1.29, 1.82) is 0 Å². The molecule has 2 heterocycles. The van der Waals surface area contributed by atoms with Crippen molar-refractivity contribution in [3.05, 3.63) is 29.0 Å². The highest BCUT2D eigenvalue weighted by atomic mass is 16.5. The Bertz CT molecular complexity index is 832. The molecule has 0 aliphatic carbocycles. The molecule has 0 aromatic heterocycles. The molecule has 2 amide bonds. The molecule has 3 rings (SSSR count). The summed E-state index contributed by atoms with van der Waals surface area (Å²) >= 11 is 0. The minimum absolute atomic E-state index is 0.225. The second-order valence-corrected chi connectivity index (χ2v) is 7.05. The standard InChI is InChI=1S/C21H29N3O6/c1-5-30-20(25)16-14(12-24-10-6-7-11-24)22-21(26)23-17(16)13-8-9-15(27-2)19(29-4)18(13)28-3/h8-9,17H,5-7,10-12H2,1-4H3,(H2,22,23,26)/t17-/m0/s1. The number of rotatable bonds is 8. The number of urea groups is 1. The minimum Gasteiger partial charge on any atom is -0.493 e. The summed E-state index contributed by atoms with van der Waals surface area (Å²) < 4.78 is 21.8. The summed E-state index contributed by atoms with van der Waals surface area (Å²) in [5.74, 6) is 0.763. The van der Waals surface area contributed by atoms with Crippen LogP contribution in [0.15, 0.2) is 23.4 Å². The first-order valence-electron chi connectivity index (χ1n) is 10.0. The number of methoxy groups -OCH3 is 3. The van der Waals surface area contributed by atoms with Gasteiger partial charge in [0, 0.05) is 17.8 Å². The highest BCUT2D eigenvalue weighted by molar-refractivity contribution is 5.95. The molecule has 2 aliphatic heterocycles. The molecule has 1 saturated heterocycles. The van der Waals surface area contributed by atoms with Gasteiger partial charge in [0.2, 0.25) is 5.75 Å². The number of carbonyl (C=O) groups excluding carboxylic acids is 2. The molecule has 0 unspecified atom stereocenters. The summed E-state index contributed by atoms with van der Waals surface area (Å²) in [5.41, 5.74) is 1.47. The summed E-state index contributed by atoms with van der Waals surface area (Å²) in [6.45, 7) is 4.29. The van der Waals surface area contributed by atoms with Crippen molar-refractivity contribution in [3.63, 3.8) is 0 Å². The molecular formula is C21H29N3O6. The number of ether oxygens (including phenoxy) is 4. The lowest BCUT2D eigenvalue weighted by molar-refractivity contribution is -0.139. The summed E-state index contributed by atoms with van der Waals surface area (Å²) in [7, 11) is 4.54. The maximum Gasteiger partial charge on any atom is 0.338 e. The number of carbonyl (C=O) groups is 2. The van der Waals surface area contributed by atoms with Crippen LogP contribution in [0.1, 0.15) is 31.4 Å². The number of hydrogen-bond acceptors (Lipinski definition) is 7. The fraction of sp³-hybridized carbons (Fsp3) is 0.524. The summed E-state index contributed by atoms with van der Waals surface area (Å²) in [4.78, 5) is 27.7. The van der Waals surface area contributed by atoms with Crippen LogP contribution >= 0.6 is 0 Å². The van der Waals surface area contributed by atoms with Crippen molar-refractivity contribution >= 4 is 12.0 Å². The first-order chi connectivity index (χ1) is 14.5. The zero-order chi connectivity index (χ0) is 21.7. The lowest BCUT2D eigenvalue weighted by atomic mass is 9.93. The van der Waals surface area contributed by atoms with E-state index in [4.69, 9.17) is 18.9 Å². The van der Waals surface area contributed by atoms with Crippen LogP contribution in [0.3, 0.4) is 0 Å². The number of amides is 2. The minimum atomic E-state index is -0.759. The Hall–Kier alpha value is -2.94. The van der Waals surface area contributed by atoms with Crippen molar-refractivity contribution in [2.24, 2.45) is 0 Å². The third-order valence-electron chi connectivity index (χ3n) is 5.28. The maximum atomic E-state index is 13.0. The quantitative estimate of drug-likeness (QED) is 0.622. The fourth-order valence-electron chi connectivity index (χ4n) is 3.94. The van der Waals surface area contributed by atoms with Gasteiger partial charge in [0.15, 0.2) is 11.5 Å². The maximum absolute atomic E-state index is 13.0. The molecule has 30 heavy (non-hydrogen) atoms. The lowest BCUT2D eigenvalue weighted by Crippen LogP contribution is -2.48. The van der Waals surface area contributed by atoms with E-state index in [-0.39, 0.29) is 12.6 Å². The van der Waals surface area contributed by atoms with E-state index in [1.54, 1.807) is 19.1 Å². The zero-order valence-corrected chi connectivity index (χ0v) is 17.9. The molecule has 9 heteroatoms. The third-order valence-corrected chi connectivity index (χ3v) is 5.28. The second-order valence-electron chi connectivity index (χ2n) is 7.05. The smallest absolute Gasteiger partial charge is 0.338 e. The summed E-state index contributed by atoms with van der Waals surface area (Å²) in [5, 5.41) is 5.65. The third kappa shape index (κ3) is 4.30. The predicted octanol–water partition coefficient (Wildman–Crippen LogP) is 1.98. The molecule has 1 fully saturated rings. The Morgan fingerprint density at radius 2 is 1.80 bits per heavy atom. The number of benzene rings is 1. The molecule has 0 bridgehead atoms. The van der Waals surface area contributed by atoms with Crippen LogP contribution in [-0.2, 0) is 9.53 Å². The van der Waals surface area contributed by atoms with E-state index in [0.717, 1.165) is 25.9 Å². The predicted molar refractivity (Wildman–Crippen MR) is 110 cm³/mol. The average molecular weight is 419 g/mol. The average Bonchev–Trinajstić information content (AvgIpc) is 3.25. The molecule has 0 radical (unpaired) electrons. The molecule has 1 atom stereocenters. The molecule has 0 spiro atoms. The van der Waals surface area contributed by atoms with Gasteiger partial charge < -0.3 is 29.6 Å². The molecule has 1 aromatic carbocycles. The van der Waals surface area contributed by atoms with Gasteiger partial charge in [0.05, 0.1) is 39.6 Å². The Labute approximate surface area is 176 Å². The molecule has 164 valence electrons. The van der Waals surface area contributed by atoms with Gasteiger partial charge in [-0.2, -0.15) is 0 Å². The van der Waals surface area contributed by atoms with Crippen LogP contribution in [0.5, 0.6) is 17.2 Å². The molecule has 1 aromatic rings. The van der Waals surface area contributed by atoms with Crippen molar-refractivity contribution < 1.29 is 28.5 Å². The molecule has 9 nitrogen and oxygen atoms in total. The SMILES string of the molecule is CCOC(=O)C1=C(CN2CCCC2)NC(=O)N[C@H]1c1ccc(OC)c(OC)c1OC. The van der Waals surface area contributed by atoms with E-state index in [9.17, 15) is 9.59 Å². The van der Waals surface area contributed by atoms with E-state index in [1.165, 1.54) is 21.3 Å². The summed E-state index contributed by atoms with van der Waals surface area (Å²) in [6.07, 6.45) is 2.20. The first kappa shape index (κ1) is 21.8. The Morgan fingerprint density at radius 1 is 1.10 bits per heavy atom. The highest BCUT2D eigenvalue weighted by Gasteiger charge is 2.37. The Morgan fingerprint density at radius 3 is 2.40 bits per heavy atom. The van der Waals surface area contributed by atoms with Crippen LogP contribution in [0.25, 0.3) is 0 Å². The van der Waals surface area contributed by atoms with Crippen molar-refractivity contribution in [3.8, 4) is 17.2 Å². The topological polar surface area (TPSA) is 98.4 Å². The van der Waals surface area contributed by atoms with Crippen LogP contribution in [0.4, 0.5) is 4.79 Å². The van der Waals surface area contributed by atoms with E-state index < -0.39 is 12.0 Å². The summed E-state index contributed by atoms with van der Waals surface area (Å²) in [6, 6.07) is 2.32. The second kappa shape index (κ2) is 9.71. The Kier molecular flexibility index (Phi) is 7.04. The number of nitrogens with zero attached hydrogens (tertiary/aromatic N) is 1. The van der Waals surface area contributed by atoms with Gasteiger partial charge in [-0.15, -0.1) is 0 Å². The molecule has 2 N–H and O–H groups in total. The number of likely N-dealkylation sites (tertiary alicyclic amines) is 1. The van der Waals surface area contributed by atoms with Gasteiger partial charge in [-0.25, -0.2) is 9.59 Å². The number of hydrogen-bond donors (Lipinski definition) is 2. The monoisotopic (exact) mass is 419 g/mol. The van der Waals surface area contributed by atoms with Crippen molar-refractivity contribution in [2.75, 3.05) is 47.6 Å². The normalized spacial score (nSPS) is 19.2. The largest absolute Gasteiger partial charge is 0.493 e. The highest BCUT2D eigenvalue weighted by Crippen LogP contribution is 2.44. The van der Waals surface area contributed by atoms with Crippen LogP contribution in [-0.4, -0.2) is 64.5 Å². The van der Waals surface area contributed by atoms with Crippen LogP contribution in [0.2, 0.25) is 0 Å². The van der Waals surface area contributed by atoms with Gasteiger partial charge in [-0.3, -0.25) is 4.90 Å². The first-order valence-corrected chi connectivity index (χ1v) is 10.0. The van der Waals surface area contributed by atoms with E-state index in [2.05, 4.69) is 15.5 Å². The zero-order valence-electron chi connectivity index (χ0n) is 17.9. The van der Waals surface area contributed by atoms with E-state index >= 15 is 0 Å². The van der Waals surface area contributed by atoms with Crippen molar-refractivity contribution in [1.82, 2.24) is 15.5 Å². The number of nitrogens with one attached hydrogen (secondary N) is 2. The lowest BCUT2D eigenvalue weighted by Gasteiger charge is -2.32. The van der Waals surface area contributed by atoms with Crippen LogP contribution < -0.4 is 24.8 Å². The van der Waals surface area contributed by atoms with Gasteiger partial charge in [0.1, 0.15) is 0 Å². The Balaban J connectivity index is 2.12.